The normalized spacial score (nSPS) is 13.9. The van der Waals surface area contributed by atoms with E-state index in [1.54, 1.807) is 0 Å². The molecule has 2 heteroatoms. The van der Waals surface area contributed by atoms with Crippen molar-refractivity contribution in [3.63, 3.8) is 0 Å². The van der Waals surface area contributed by atoms with Crippen molar-refractivity contribution in [3.05, 3.63) is 0 Å². The fourth-order valence-electron chi connectivity index (χ4n) is 1.70. The van der Waals surface area contributed by atoms with E-state index in [-0.39, 0.29) is 0 Å². The summed E-state index contributed by atoms with van der Waals surface area (Å²) >= 11 is 0. The Morgan fingerprint density at radius 3 is 2.21 bits per heavy atom. The van der Waals surface area contributed by atoms with Gasteiger partial charge < -0.3 is 10.2 Å². The van der Waals surface area contributed by atoms with Crippen molar-refractivity contribution in [1.82, 2.24) is 10.2 Å². The summed E-state index contributed by atoms with van der Waals surface area (Å²) in [7, 11) is 0. The quantitative estimate of drug-likeness (QED) is 0.647. The second kappa shape index (κ2) is 8.25. The van der Waals surface area contributed by atoms with Crippen LogP contribution in [-0.4, -0.2) is 37.1 Å². The second-order valence-electron chi connectivity index (χ2n) is 4.50. The zero-order valence-electron chi connectivity index (χ0n) is 10.6. The molecule has 0 aromatic rings. The Kier molecular flexibility index (Phi) is 8.20. The van der Waals surface area contributed by atoms with Crippen molar-refractivity contribution in [2.24, 2.45) is 5.92 Å². The highest BCUT2D eigenvalue weighted by Gasteiger charge is 2.11. The third-order valence-electron chi connectivity index (χ3n) is 2.53. The smallest absolute Gasteiger partial charge is 0.00387 e. The minimum Gasteiger partial charge on any atom is -0.317 e. The van der Waals surface area contributed by atoms with Crippen LogP contribution in [0.15, 0.2) is 0 Å². The predicted molar refractivity (Wildman–Crippen MR) is 64.7 cm³/mol. The van der Waals surface area contributed by atoms with Crippen molar-refractivity contribution in [3.8, 4) is 0 Å². The van der Waals surface area contributed by atoms with Crippen LogP contribution >= 0.6 is 0 Å². The minimum absolute atomic E-state index is 0.680. The molecule has 1 atom stereocenters. The average molecular weight is 200 g/mol. The Morgan fingerprint density at radius 2 is 1.79 bits per heavy atom. The summed E-state index contributed by atoms with van der Waals surface area (Å²) in [5, 5.41) is 3.41. The van der Waals surface area contributed by atoms with Gasteiger partial charge >= 0.3 is 0 Å². The Bertz CT molecular complexity index is 123. The van der Waals surface area contributed by atoms with E-state index in [0.717, 1.165) is 19.0 Å². The molecule has 0 spiro atoms. The zero-order chi connectivity index (χ0) is 11.0. The van der Waals surface area contributed by atoms with Crippen LogP contribution < -0.4 is 5.32 Å². The summed E-state index contributed by atoms with van der Waals surface area (Å²) in [6.45, 7) is 16.0. The fraction of sp³-hybridized carbons (Fsp3) is 1.00. The van der Waals surface area contributed by atoms with Gasteiger partial charge in [-0.3, -0.25) is 0 Å². The van der Waals surface area contributed by atoms with Crippen LogP contribution in [0.5, 0.6) is 0 Å². The molecular weight excluding hydrogens is 172 g/mol. The molecule has 0 aliphatic rings. The van der Waals surface area contributed by atoms with Gasteiger partial charge in [-0.1, -0.05) is 20.8 Å². The van der Waals surface area contributed by atoms with Crippen molar-refractivity contribution in [2.75, 3.05) is 26.2 Å². The summed E-state index contributed by atoms with van der Waals surface area (Å²) in [5.74, 6) is 0.754. The molecule has 0 heterocycles. The van der Waals surface area contributed by atoms with Crippen molar-refractivity contribution in [2.45, 2.75) is 47.1 Å². The van der Waals surface area contributed by atoms with E-state index >= 15 is 0 Å². The highest BCUT2D eigenvalue weighted by Crippen LogP contribution is 2.04. The van der Waals surface area contributed by atoms with E-state index in [2.05, 4.69) is 44.8 Å². The van der Waals surface area contributed by atoms with E-state index in [1.165, 1.54) is 19.5 Å². The minimum atomic E-state index is 0.680. The lowest BCUT2D eigenvalue weighted by Crippen LogP contribution is -2.38. The van der Waals surface area contributed by atoms with Gasteiger partial charge in [0, 0.05) is 12.6 Å². The van der Waals surface area contributed by atoms with Crippen LogP contribution in [0.3, 0.4) is 0 Å². The fourth-order valence-corrected chi connectivity index (χ4v) is 1.70. The predicted octanol–water partition coefficient (Wildman–Crippen LogP) is 2.35. The lowest BCUT2D eigenvalue weighted by molar-refractivity contribution is 0.191. The Labute approximate surface area is 90.1 Å². The van der Waals surface area contributed by atoms with Crippen LogP contribution in [0.4, 0.5) is 0 Å². The third kappa shape index (κ3) is 6.39. The average Bonchev–Trinajstić information content (AvgIpc) is 2.14. The molecule has 2 nitrogen and oxygen atoms in total. The number of hydrogen-bond acceptors (Lipinski definition) is 2. The van der Waals surface area contributed by atoms with Crippen LogP contribution in [-0.2, 0) is 0 Å². The summed E-state index contributed by atoms with van der Waals surface area (Å²) in [4.78, 5) is 2.57. The van der Waals surface area contributed by atoms with Gasteiger partial charge in [0.2, 0.25) is 0 Å². The number of nitrogens with zero attached hydrogens (tertiary/aromatic N) is 1. The first-order chi connectivity index (χ1) is 6.61. The lowest BCUT2D eigenvalue weighted by Gasteiger charge is -2.29. The Balaban J connectivity index is 3.77. The SMILES string of the molecule is CCCN(CC(C)CNCC)C(C)C. The number of hydrogen-bond donors (Lipinski definition) is 1. The summed E-state index contributed by atoms with van der Waals surface area (Å²) < 4.78 is 0. The molecule has 0 radical (unpaired) electrons. The van der Waals surface area contributed by atoms with E-state index in [4.69, 9.17) is 0 Å². The second-order valence-corrected chi connectivity index (χ2v) is 4.50. The Morgan fingerprint density at radius 1 is 1.14 bits per heavy atom. The molecular formula is C12H28N2. The van der Waals surface area contributed by atoms with E-state index < -0.39 is 0 Å². The molecule has 14 heavy (non-hydrogen) atoms. The van der Waals surface area contributed by atoms with E-state index in [1.807, 2.05) is 0 Å². The van der Waals surface area contributed by atoms with Gasteiger partial charge in [-0.05, 0) is 45.8 Å². The van der Waals surface area contributed by atoms with Crippen LogP contribution in [0.25, 0.3) is 0 Å². The molecule has 0 aromatic carbocycles. The monoisotopic (exact) mass is 200 g/mol. The molecule has 0 saturated carbocycles. The molecule has 0 aliphatic carbocycles. The van der Waals surface area contributed by atoms with Crippen molar-refractivity contribution >= 4 is 0 Å². The van der Waals surface area contributed by atoms with Gasteiger partial charge in [0.05, 0.1) is 0 Å². The van der Waals surface area contributed by atoms with Crippen LogP contribution in [0.2, 0.25) is 0 Å². The summed E-state index contributed by atoms with van der Waals surface area (Å²) in [6.07, 6.45) is 1.26. The zero-order valence-corrected chi connectivity index (χ0v) is 10.6. The third-order valence-corrected chi connectivity index (χ3v) is 2.53. The standard InChI is InChI=1S/C12H28N2/c1-6-8-14(11(3)4)10-12(5)9-13-7-2/h11-13H,6-10H2,1-5H3. The maximum absolute atomic E-state index is 3.41. The van der Waals surface area contributed by atoms with Gasteiger partial charge in [-0.25, -0.2) is 0 Å². The molecule has 0 rings (SSSR count). The van der Waals surface area contributed by atoms with Crippen LogP contribution in [0.1, 0.15) is 41.0 Å². The number of nitrogens with one attached hydrogen (secondary N) is 1. The molecule has 1 N–H and O–H groups in total. The summed E-state index contributed by atoms with van der Waals surface area (Å²) in [6, 6.07) is 0.680. The molecule has 0 aromatic heterocycles. The molecule has 86 valence electrons. The van der Waals surface area contributed by atoms with Gasteiger partial charge in [0.15, 0.2) is 0 Å². The van der Waals surface area contributed by atoms with E-state index in [9.17, 15) is 0 Å². The molecule has 0 fully saturated rings. The van der Waals surface area contributed by atoms with E-state index in [0.29, 0.717) is 6.04 Å². The van der Waals surface area contributed by atoms with Gasteiger partial charge in [-0.2, -0.15) is 0 Å². The molecule has 0 amide bonds. The highest BCUT2D eigenvalue weighted by atomic mass is 15.1. The first-order valence-electron chi connectivity index (χ1n) is 6.06. The lowest BCUT2D eigenvalue weighted by atomic mass is 10.1. The maximum Gasteiger partial charge on any atom is 0.00387 e. The highest BCUT2D eigenvalue weighted by molar-refractivity contribution is 4.67. The maximum atomic E-state index is 3.41. The van der Waals surface area contributed by atoms with Gasteiger partial charge in [0.1, 0.15) is 0 Å². The first-order valence-corrected chi connectivity index (χ1v) is 6.06. The van der Waals surface area contributed by atoms with Crippen molar-refractivity contribution in [1.29, 1.82) is 0 Å². The number of rotatable bonds is 8. The van der Waals surface area contributed by atoms with Gasteiger partial charge in [0.25, 0.3) is 0 Å². The summed E-state index contributed by atoms with van der Waals surface area (Å²) in [5.41, 5.74) is 0. The molecule has 1 unspecified atom stereocenters. The van der Waals surface area contributed by atoms with Crippen LogP contribution in [0, 0.1) is 5.92 Å². The molecule has 0 saturated heterocycles. The van der Waals surface area contributed by atoms with Gasteiger partial charge in [-0.15, -0.1) is 0 Å². The van der Waals surface area contributed by atoms with Crippen molar-refractivity contribution < 1.29 is 0 Å². The molecule has 0 bridgehead atoms. The topological polar surface area (TPSA) is 15.3 Å². The first kappa shape index (κ1) is 13.9. The molecule has 0 aliphatic heterocycles. The largest absolute Gasteiger partial charge is 0.317 e. The Hall–Kier alpha value is -0.0800.